The van der Waals surface area contributed by atoms with E-state index >= 15 is 0 Å². The Morgan fingerprint density at radius 1 is 0.600 bits per heavy atom. The van der Waals surface area contributed by atoms with Crippen molar-refractivity contribution in [2.75, 3.05) is 6.61 Å². The van der Waals surface area contributed by atoms with Gasteiger partial charge in [-0.3, -0.25) is 0 Å². The fourth-order valence-electron chi connectivity index (χ4n) is 4.03. The van der Waals surface area contributed by atoms with Crippen molar-refractivity contribution in [2.24, 2.45) is 0 Å². The molecule has 176 valence electrons. The second-order valence-electron chi connectivity index (χ2n) is 8.78. The van der Waals surface area contributed by atoms with Crippen LogP contribution in [0.3, 0.4) is 0 Å². The van der Waals surface area contributed by atoms with Gasteiger partial charge in [-0.2, -0.15) is 0 Å². The van der Waals surface area contributed by atoms with E-state index in [0.29, 0.717) is 19.3 Å². The maximum Gasteiger partial charge on any atom is 1.00 e. The summed E-state index contributed by atoms with van der Waals surface area (Å²) < 4.78 is 33.6. The molecule has 0 aromatic rings. The van der Waals surface area contributed by atoms with E-state index in [-0.39, 0.29) is 36.2 Å². The van der Waals surface area contributed by atoms with Crippen LogP contribution in [0.2, 0.25) is 0 Å². The molecule has 4 nitrogen and oxygen atoms in total. The Hall–Kier alpha value is 0.870. The number of aliphatic hydroxyl groups excluding tert-OH is 1. The van der Waals surface area contributed by atoms with Crippen LogP contribution in [0, 0.1) is 0 Å². The molecular formula is C24H49NaO4S. The Morgan fingerprint density at radius 2 is 0.900 bits per heavy atom. The predicted octanol–water partition coefficient (Wildman–Crippen LogP) is 4.11. The van der Waals surface area contributed by atoms with Crippen molar-refractivity contribution in [2.45, 2.75) is 147 Å². The van der Waals surface area contributed by atoms with Crippen LogP contribution < -0.4 is 29.6 Å². The Balaban J connectivity index is 0. The molecule has 0 aromatic heterocycles. The van der Waals surface area contributed by atoms with Gasteiger partial charge in [0.2, 0.25) is 0 Å². The first-order chi connectivity index (χ1) is 14.0. The fourth-order valence-corrected chi connectivity index (χ4v) is 4.94. The van der Waals surface area contributed by atoms with Crippen molar-refractivity contribution in [3.63, 3.8) is 0 Å². The van der Waals surface area contributed by atoms with Gasteiger partial charge in [-0.15, -0.1) is 0 Å². The van der Waals surface area contributed by atoms with Crippen molar-refractivity contribution in [3.8, 4) is 0 Å². The number of hydrogen-bond donors (Lipinski definition) is 1. The monoisotopic (exact) mass is 456 g/mol. The van der Waals surface area contributed by atoms with Crippen LogP contribution >= 0.6 is 0 Å². The van der Waals surface area contributed by atoms with E-state index in [2.05, 4.69) is 6.92 Å². The third-order valence-electron chi connectivity index (χ3n) is 5.97. The Morgan fingerprint density at radius 3 is 1.20 bits per heavy atom. The van der Waals surface area contributed by atoms with Crippen molar-refractivity contribution in [1.82, 2.24) is 0 Å². The van der Waals surface area contributed by atoms with Gasteiger partial charge < -0.3 is 9.66 Å². The van der Waals surface area contributed by atoms with Gasteiger partial charge in [-0.1, -0.05) is 122 Å². The van der Waals surface area contributed by atoms with Gasteiger partial charge in [0, 0.05) is 11.9 Å². The Labute approximate surface area is 210 Å². The first-order valence-corrected chi connectivity index (χ1v) is 14.0. The third-order valence-corrected chi connectivity index (χ3v) is 7.26. The molecule has 0 amide bonds. The summed E-state index contributed by atoms with van der Waals surface area (Å²) in [7, 11) is -4.22. The third kappa shape index (κ3) is 23.5. The number of rotatable bonds is 23. The van der Waals surface area contributed by atoms with E-state index in [1.165, 1.54) is 96.3 Å². The van der Waals surface area contributed by atoms with Crippen LogP contribution in [-0.2, 0) is 10.1 Å². The molecule has 0 spiro atoms. The van der Waals surface area contributed by atoms with Crippen LogP contribution in [0.4, 0.5) is 0 Å². The minimum Gasteiger partial charge on any atom is -0.748 e. The molecule has 0 rings (SSSR count). The topological polar surface area (TPSA) is 77.4 Å². The van der Waals surface area contributed by atoms with Crippen LogP contribution in [-0.4, -0.2) is 29.9 Å². The van der Waals surface area contributed by atoms with Gasteiger partial charge in [0.25, 0.3) is 0 Å². The van der Waals surface area contributed by atoms with E-state index in [1.54, 1.807) is 0 Å². The molecule has 0 heterocycles. The average Bonchev–Trinajstić information content (AvgIpc) is 2.68. The van der Waals surface area contributed by atoms with Gasteiger partial charge in [-0.05, 0) is 19.3 Å². The molecule has 1 atom stereocenters. The van der Waals surface area contributed by atoms with Crippen LogP contribution in [0.25, 0.3) is 0 Å². The first-order valence-electron chi connectivity index (χ1n) is 12.6. The second kappa shape index (κ2) is 24.5. The maximum absolute atomic E-state index is 11.2. The Bertz CT molecular complexity index is 429. The summed E-state index contributed by atoms with van der Waals surface area (Å²) >= 11 is 0. The predicted molar refractivity (Wildman–Crippen MR) is 123 cm³/mol. The average molecular weight is 457 g/mol. The van der Waals surface area contributed by atoms with Gasteiger partial charge in [0.15, 0.2) is 0 Å². The van der Waals surface area contributed by atoms with Gasteiger partial charge in [-0.25, -0.2) is 8.42 Å². The second-order valence-corrected chi connectivity index (χ2v) is 10.4. The number of unbranched alkanes of at least 4 members (excludes halogenated alkanes) is 17. The maximum atomic E-state index is 11.2. The molecule has 6 heteroatoms. The van der Waals surface area contributed by atoms with Crippen LogP contribution in [0.5, 0.6) is 0 Å². The van der Waals surface area contributed by atoms with E-state index in [4.69, 9.17) is 5.11 Å². The van der Waals surface area contributed by atoms with Crippen LogP contribution in [0.1, 0.15) is 142 Å². The summed E-state index contributed by atoms with van der Waals surface area (Å²) in [5.74, 6) is 0. The molecule has 0 saturated heterocycles. The van der Waals surface area contributed by atoms with E-state index in [9.17, 15) is 13.0 Å². The molecule has 0 aliphatic carbocycles. The van der Waals surface area contributed by atoms with E-state index < -0.39 is 15.4 Å². The summed E-state index contributed by atoms with van der Waals surface area (Å²) in [4.78, 5) is 0. The molecule has 0 bridgehead atoms. The van der Waals surface area contributed by atoms with E-state index in [1.807, 2.05) is 0 Å². The zero-order chi connectivity index (χ0) is 21.6. The van der Waals surface area contributed by atoms with Crippen molar-refractivity contribution in [3.05, 3.63) is 0 Å². The van der Waals surface area contributed by atoms with Crippen molar-refractivity contribution >= 4 is 10.1 Å². The zero-order valence-corrected chi connectivity index (χ0v) is 23.0. The largest absolute Gasteiger partial charge is 1.00 e. The Kier molecular flexibility index (Phi) is 27.0. The quantitative estimate of drug-likeness (QED) is 0.143. The first kappa shape index (κ1) is 33.0. The minimum absolute atomic E-state index is 0. The normalized spacial score (nSPS) is 12.6. The summed E-state index contributed by atoms with van der Waals surface area (Å²) in [5.41, 5.74) is 0. The van der Waals surface area contributed by atoms with Gasteiger partial charge in [0.1, 0.15) is 0 Å². The summed E-state index contributed by atoms with van der Waals surface area (Å²) in [6, 6.07) is 0. The molecule has 0 aliphatic heterocycles. The fraction of sp³-hybridized carbons (Fsp3) is 1.00. The molecule has 0 aromatic carbocycles. The SMILES string of the molecule is CCCCCCCCCCCCCCCCCCCCC(CCCO)S(=O)(=O)[O-].[Na+]. The summed E-state index contributed by atoms with van der Waals surface area (Å²) in [6.45, 7) is 2.22. The van der Waals surface area contributed by atoms with Crippen molar-refractivity contribution < 1.29 is 47.6 Å². The molecule has 0 fully saturated rings. The molecule has 30 heavy (non-hydrogen) atoms. The molecule has 1 unspecified atom stereocenters. The standard InChI is InChI=1S/C24H50O4S.Na/c1-2-3-4-5-6-7-8-9-10-11-12-13-14-15-16-17-18-19-21-24(22-20-23-25)29(26,27)28;/h24-25H,2-23H2,1H3,(H,26,27,28);/q;+1/p-1. The van der Waals surface area contributed by atoms with E-state index in [0.717, 1.165) is 19.3 Å². The van der Waals surface area contributed by atoms with Crippen LogP contribution in [0.15, 0.2) is 0 Å². The minimum atomic E-state index is -4.22. The molecular weight excluding hydrogens is 407 g/mol. The summed E-state index contributed by atoms with van der Waals surface area (Å²) in [6.07, 6.45) is 24.6. The van der Waals surface area contributed by atoms with Gasteiger partial charge in [0.05, 0.1) is 10.1 Å². The number of aliphatic hydroxyl groups is 1. The molecule has 0 radical (unpaired) electrons. The number of hydrogen-bond acceptors (Lipinski definition) is 4. The smallest absolute Gasteiger partial charge is 0.748 e. The van der Waals surface area contributed by atoms with Crippen molar-refractivity contribution in [1.29, 1.82) is 0 Å². The summed E-state index contributed by atoms with van der Waals surface area (Å²) in [5, 5.41) is 8.00. The molecule has 1 N–H and O–H groups in total. The van der Waals surface area contributed by atoms with Gasteiger partial charge >= 0.3 is 29.6 Å². The zero-order valence-electron chi connectivity index (χ0n) is 20.2. The molecule has 0 saturated carbocycles. The molecule has 0 aliphatic rings.